The number of fused-ring (bicyclic) bond motifs is 7. The third-order valence-corrected chi connectivity index (χ3v) is 16.8. The average Bonchev–Trinajstić information content (AvgIpc) is 3.35. The summed E-state index contributed by atoms with van der Waals surface area (Å²) in [7, 11) is 0. The van der Waals surface area contributed by atoms with E-state index < -0.39 is 17.4 Å². The highest BCUT2D eigenvalue weighted by molar-refractivity contribution is 6.00. The van der Waals surface area contributed by atoms with E-state index in [1.807, 2.05) is 0 Å². The quantitative estimate of drug-likeness (QED) is 0.231. The highest BCUT2D eigenvalue weighted by Crippen LogP contribution is 2.77. The summed E-state index contributed by atoms with van der Waals surface area (Å²) < 4.78 is 6.17. The number of allylic oxidation sites excluding steroid dienone is 2. The number of nitrogens with one attached hydrogen (secondary N) is 1. The molecule has 0 aromatic carbocycles. The SMILES string of the molecule is CC(C)C1=C2[C@H]3CC[C@@H]4[C@@]5(C)CCC(OC(=O)CC(C)(C)C(=O)O)C(C)(C)[C@@H]5CC[C@@]4(C)[C@]3(C)CC[C@@]2(CCNC(=O)C2CCCCC2)CC1=O. The third kappa shape index (κ3) is 6.15. The van der Waals surface area contributed by atoms with Crippen LogP contribution in [0.3, 0.4) is 0 Å². The minimum absolute atomic E-state index is 0.0781. The monoisotopic (exact) mass is 708 g/mol. The van der Waals surface area contributed by atoms with Gasteiger partial charge in [-0.3, -0.25) is 19.2 Å². The van der Waals surface area contributed by atoms with E-state index in [1.165, 1.54) is 12.0 Å². The van der Waals surface area contributed by atoms with Gasteiger partial charge in [-0.15, -0.1) is 0 Å². The lowest BCUT2D eigenvalue weighted by atomic mass is 9.33. The van der Waals surface area contributed by atoms with Crippen molar-refractivity contribution in [1.29, 1.82) is 0 Å². The van der Waals surface area contributed by atoms with Gasteiger partial charge in [-0.2, -0.15) is 0 Å². The molecule has 0 heterocycles. The minimum atomic E-state index is -1.15. The molecule has 0 radical (unpaired) electrons. The van der Waals surface area contributed by atoms with Crippen molar-refractivity contribution in [2.75, 3.05) is 6.54 Å². The Morgan fingerprint density at radius 1 is 0.863 bits per heavy atom. The van der Waals surface area contributed by atoms with Gasteiger partial charge in [-0.05, 0) is 130 Å². The zero-order chi connectivity index (χ0) is 37.4. The highest BCUT2D eigenvalue weighted by Gasteiger charge is 2.70. The fraction of sp³-hybridized carbons (Fsp3) is 0.864. The molecule has 6 aliphatic rings. The fourth-order valence-electron chi connectivity index (χ4n) is 13.8. The number of Topliss-reactive ketones (excluding diaryl/α,β-unsaturated/α-hetero) is 1. The normalized spacial score (nSPS) is 39.5. The second-order valence-electron chi connectivity index (χ2n) is 20.6. The summed E-state index contributed by atoms with van der Waals surface area (Å²) in [4.78, 5) is 52.0. The van der Waals surface area contributed by atoms with Crippen LogP contribution >= 0.6 is 0 Å². The number of carbonyl (C=O) groups is 4. The summed E-state index contributed by atoms with van der Waals surface area (Å²) in [6.07, 6.45) is 15.1. The molecule has 5 fully saturated rings. The molecular formula is C44H69NO6. The predicted octanol–water partition coefficient (Wildman–Crippen LogP) is 9.47. The molecule has 7 heteroatoms. The molecule has 51 heavy (non-hydrogen) atoms. The van der Waals surface area contributed by atoms with Gasteiger partial charge in [-0.1, -0.05) is 73.3 Å². The molecular weight excluding hydrogens is 638 g/mol. The van der Waals surface area contributed by atoms with Crippen LogP contribution in [0.2, 0.25) is 0 Å². The van der Waals surface area contributed by atoms with Crippen molar-refractivity contribution in [1.82, 2.24) is 5.32 Å². The van der Waals surface area contributed by atoms with Gasteiger partial charge in [0.05, 0.1) is 11.8 Å². The molecule has 6 rings (SSSR count). The van der Waals surface area contributed by atoms with E-state index in [9.17, 15) is 24.3 Å². The molecule has 286 valence electrons. The highest BCUT2D eigenvalue weighted by atomic mass is 16.5. The standard InChI is InChI=1S/C44H69NO6/c1-27(2)35-30(46)25-44(23-24-45-37(48)28-13-11-10-12-14-28)22-21-42(8)29(36(35)44)15-16-32-41(7)19-18-33(51-34(47)26-39(3,4)38(49)50)40(5,6)31(41)17-20-43(32,42)9/h27-29,31-33H,10-26H2,1-9H3,(H,45,48)(H,49,50)/t29-,31+,32-,33?,41+,42-,43-,44-/m1/s1. The van der Waals surface area contributed by atoms with Crippen LogP contribution in [0.25, 0.3) is 0 Å². The first-order valence-electron chi connectivity index (χ1n) is 20.7. The van der Waals surface area contributed by atoms with E-state index >= 15 is 0 Å². The number of carbonyl (C=O) groups excluding carboxylic acids is 3. The van der Waals surface area contributed by atoms with E-state index in [-0.39, 0.29) is 57.3 Å². The summed E-state index contributed by atoms with van der Waals surface area (Å²) in [5.74, 6) is 0.862. The van der Waals surface area contributed by atoms with Crippen molar-refractivity contribution in [2.45, 2.75) is 171 Å². The molecule has 1 amide bonds. The molecule has 0 saturated heterocycles. The van der Waals surface area contributed by atoms with Gasteiger partial charge in [0.2, 0.25) is 5.91 Å². The number of hydrogen-bond donors (Lipinski definition) is 2. The molecule has 0 aliphatic heterocycles. The van der Waals surface area contributed by atoms with E-state index in [1.54, 1.807) is 13.8 Å². The molecule has 8 atom stereocenters. The summed E-state index contributed by atoms with van der Waals surface area (Å²) >= 11 is 0. The first-order chi connectivity index (χ1) is 23.7. The molecule has 0 spiro atoms. The van der Waals surface area contributed by atoms with Gasteiger partial charge in [0.25, 0.3) is 0 Å². The van der Waals surface area contributed by atoms with E-state index in [0.29, 0.717) is 36.5 Å². The number of ketones is 1. The maximum absolute atomic E-state index is 14.0. The summed E-state index contributed by atoms with van der Waals surface area (Å²) in [6, 6.07) is 0. The van der Waals surface area contributed by atoms with Crippen LogP contribution in [0.1, 0.15) is 165 Å². The summed E-state index contributed by atoms with van der Waals surface area (Å²) in [5.41, 5.74) is 1.39. The van der Waals surface area contributed by atoms with Crippen LogP contribution in [-0.4, -0.2) is 41.4 Å². The Balaban J connectivity index is 1.24. The number of hydrogen-bond acceptors (Lipinski definition) is 5. The van der Waals surface area contributed by atoms with Crippen molar-refractivity contribution in [2.24, 2.45) is 62.1 Å². The number of rotatable bonds is 9. The molecule has 0 bridgehead atoms. The molecule has 7 nitrogen and oxygen atoms in total. The Morgan fingerprint density at radius 3 is 2.20 bits per heavy atom. The smallest absolute Gasteiger partial charge is 0.309 e. The number of aliphatic carboxylic acids is 1. The molecule has 6 aliphatic carbocycles. The average molecular weight is 708 g/mol. The second-order valence-corrected chi connectivity index (χ2v) is 20.6. The molecule has 5 saturated carbocycles. The van der Waals surface area contributed by atoms with E-state index in [2.05, 4.69) is 53.8 Å². The predicted molar refractivity (Wildman–Crippen MR) is 200 cm³/mol. The number of carboxylic acids is 1. The second kappa shape index (κ2) is 13.3. The third-order valence-electron chi connectivity index (χ3n) is 16.8. The maximum atomic E-state index is 14.0. The van der Waals surface area contributed by atoms with Crippen LogP contribution in [0, 0.1) is 62.1 Å². The van der Waals surface area contributed by atoms with Crippen molar-refractivity contribution in [3.63, 3.8) is 0 Å². The molecule has 0 aromatic rings. The molecule has 1 unspecified atom stereocenters. The topological polar surface area (TPSA) is 110 Å². The van der Waals surface area contributed by atoms with Crippen LogP contribution < -0.4 is 5.32 Å². The van der Waals surface area contributed by atoms with Crippen molar-refractivity contribution in [3.8, 4) is 0 Å². The number of carboxylic acid groups (broad SMARTS) is 1. The van der Waals surface area contributed by atoms with Crippen molar-refractivity contribution >= 4 is 23.6 Å². The van der Waals surface area contributed by atoms with Crippen LogP contribution in [0.15, 0.2) is 11.1 Å². The molecule has 0 aromatic heterocycles. The Labute approximate surface area is 308 Å². The van der Waals surface area contributed by atoms with Gasteiger partial charge in [-0.25, -0.2) is 0 Å². The number of esters is 1. The first-order valence-corrected chi connectivity index (χ1v) is 20.7. The largest absolute Gasteiger partial charge is 0.481 e. The van der Waals surface area contributed by atoms with Crippen LogP contribution in [0.4, 0.5) is 0 Å². The minimum Gasteiger partial charge on any atom is -0.481 e. The first kappa shape index (κ1) is 38.5. The summed E-state index contributed by atoms with van der Waals surface area (Å²) in [5, 5.41) is 12.9. The zero-order valence-electron chi connectivity index (χ0n) is 33.5. The Morgan fingerprint density at radius 2 is 1.55 bits per heavy atom. The fourth-order valence-corrected chi connectivity index (χ4v) is 13.8. The van der Waals surface area contributed by atoms with E-state index in [0.717, 1.165) is 89.0 Å². The number of ether oxygens (including phenoxy) is 1. The lowest BCUT2D eigenvalue weighted by Gasteiger charge is -2.72. The van der Waals surface area contributed by atoms with Gasteiger partial charge < -0.3 is 15.2 Å². The van der Waals surface area contributed by atoms with Gasteiger partial charge in [0.1, 0.15) is 6.10 Å². The zero-order valence-corrected chi connectivity index (χ0v) is 33.5. The van der Waals surface area contributed by atoms with Gasteiger partial charge >= 0.3 is 11.9 Å². The van der Waals surface area contributed by atoms with E-state index in [4.69, 9.17) is 4.74 Å². The van der Waals surface area contributed by atoms with Gasteiger partial charge in [0, 0.05) is 29.7 Å². The lowest BCUT2D eigenvalue weighted by molar-refractivity contribution is -0.233. The molecule has 2 N–H and O–H groups in total. The summed E-state index contributed by atoms with van der Waals surface area (Å²) in [6.45, 7) is 20.6. The van der Waals surface area contributed by atoms with Gasteiger partial charge in [0.15, 0.2) is 5.78 Å². The Hall–Kier alpha value is -2.18. The lowest BCUT2D eigenvalue weighted by Crippen LogP contribution is -2.65. The Bertz CT molecular complexity index is 1450. The Kier molecular flexibility index (Phi) is 10.0. The van der Waals surface area contributed by atoms with Crippen molar-refractivity contribution in [3.05, 3.63) is 11.1 Å². The van der Waals surface area contributed by atoms with Crippen LogP contribution in [-0.2, 0) is 23.9 Å². The van der Waals surface area contributed by atoms with Crippen LogP contribution in [0.5, 0.6) is 0 Å². The number of amides is 1. The van der Waals surface area contributed by atoms with Crippen molar-refractivity contribution < 1.29 is 29.0 Å². The maximum Gasteiger partial charge on any atom is 0.309 e.